The monoisotopic (exact) mass is 375 g/mol. The molecule has 0 unspecified atom stereocenters. The Morgan fingerprint density at radius 2 is 2.05 bits per heavy atom. The number of aromatic nitrogens is 3. The Morgan fingerprint density at radius 1 is 1.14 bits per heavy atom. The normalized spacial score (nSPS) is 11.3. The summed E-state index contributed by atoms with van der Waals surface area (Å²) < 4.78 is 3.22. The van der Waals surface area contributed by atoms with Gasteiger partial charge in [0.15, 0.2) is 0 Å². The molecular weight excluding hydrogens is 366 g/mol. The van der Waals surface area contributed by atoms with Crippen molar-refractivity contribution in [1.82, 2.24) is 14.4 Å². The minimum atomic E-state index is 0.959. The van der Waals surface area contributed by atoms with E-state index >= 15 is 0 Å². The molecule has 6 heteroatoms. The van der Waals surface area contributed by atoms with E-state index < -0.39 is 0 Å². The molecule has 0 aromatic carbocycles. The molecule has 0 aliphatic rings. The van der Waals surface area contributed by atoms with Gasteiger partial charge >= 0.3 is 0 Å². The maximum absolute atomic E-state index is 4.79. The molecule has 4 aromatic heterocycles. The Kier molecular flexibility index (Phi) is 3.17. The average Bonchev–Trinajstić information content (AvgIpc) is 3.15. The second kappa shape index (κ2) is 5.05. The van der Waals surface area contributed by atoms with Crippen LogP contribution in [0.2, 0.25) is 0 Å². The summed E-state index contributed by atoms with van der Waals surface area (Å²) in [5.74, 6) is 0. The molecule has 0 amide bonds. The Bertz CT molecular complexity index is 935. The minimum Gasteiger partial charge on any atom is -0.297 e. The SMILES string of the molecule is Cc1nc2ccccn2c1-c1nc(-c2ccc(Br)s2)cs1. The van der Waals surface area contributed by atoms with Gasteiger partial charge in [0.05, 0.1) is 20.1 Å². The van der Waals surface area contributed by atoms with Gasteiger partial charge in [-0.2, -0.15) is 0 Å². The van der Waals surface area contributed by atoms with Crippen LogP contribution < -0.4 is 0 Å². The summed E-state index contributed by atoms with van der Waals surface area (Å²) >= 11 is 6.86. The number of imidazole rings is 1. The molecule has 4 aromatic rings. The van der Waals surface area contributed by atoms with Crippen LogP contribution in [0.25, 0.3) is 26.9 Å². The van der Waals surface area contributed by atoms with Gasteiger partial charge in [0, 0.05) is 11.6 Å². The Labute approximate surface area is 138 Å². The van der Waals surface area contributed by atoms with Crippen LogP contribution in [0.15, 0.2) is 45.7 Å². The molecule has 4 rings (SSSR count). The van der Waals surface area contributed by atoms with Crippen molar-refractivity contribution in [1.29, 1.82) is 0 Å². The van der Waals surface area contributed by atoms with Crippen molar-refractivity contribution < 1.29 is 0 Å². The summed E-state index contributed by atoms with van der Waals surface area (Å²) in [6, 6.07) is 10.2. The molecule has 0 aliphatic carbocycles. The van der Waals surface area contributed by atoms with E-state index in [1.54, 1.807) is 22.7 Å². The molecule has 0 saturated heterocycles. The third-order valence-corrected chi connectivity index (χ3v) is 5.73. The van der Waals surface area contributed by atoms with E-state index in [0.29, 0.717) is 0 Å². The van der Waals surface area contributed by atoms with E-state index in [2.05, 4.69) is 42.8 Å². The predicted octanol–water partition coefficient (Wildman–Crippen LogP) is 5.26. The van der Waals surface area contributed by atoms with Crippen LogP contribution in [0.1, 0.15) is 5.69 Å². The van der Waals surface area contributed by atoms with Gasteiger partial charge in [-0.25, -0.2) is 9.97 Å². The first-order valence-electron chi connectivity index (χ1n) is 6.37. The average molecular weight is 376 g/mol. The summed E-state index contributed by atoms with van der Waals surface area (Å²) in [6.45, 7) is 2.03. The van der Waals surface area contributed by atoms with E-state index in [1.165, 1.54) is 4.88 Å². The largest absolute Gasteiger partial charge is 0.297 e. The number of halogens is 1. The molecule has 0 atom stereocenters. The van der Waals surface area contributed by atoms with E-state index in [1.807, 2.05) is 31.3 Å². The first-order chi connectivity index (χ1) is 10.2. The van der Waals surface area contributed by atoms with E-state index in [9.17, 15) is 0 Å². The number of aryl methyl sites for hydroxylation is 1. The predicted molar refractivity (Wildman–Crippen MR) is 92.1 cm³/mol. The van der Waals surface area contributed by atoms with Crippen molar-refractivity contribution in [2.24, 2.45) is 0 Å². The first kappa shape index (κ1) is 13.2. The van der Waals surface area contributed by atoms with Crippen LogP contribution in [-0.2, 0) is 0 Å². The smallest absolute Gasteiger partial charge is 0.142 e. The van der Waals surface area contributed by atoms with Crippen LogP contribution >= 0.6 is 38.6 Å². The maximum atomic E-state index is 4.79. The lowest BCUT2D eigenvalue weighted by atomic mass is 10.3. The molecule has 0 saturated carbocycles. The third kappa shape index (κ3) is 2.23. The molecule has 3 nitrogen and oxygen atoms in total. The number of rotatable bonds is 2. The second-order valence-electron chi connectivity index (χ2n) is 4.62. The molecule has 0 spiro atoms. The third-order valence-electron chi connectivity index (χ3n) is 3.24. The van der Waals surface area contributed by atoms with Crippen LogP contribution in [0.3, 0.4) is 0 Å². The number of hydrogen-bond acceptors (Lipinski definition) is 4. The first-order valence-corrected chi connectivity index (χ1v) is 8.86. The molecule has 0 aliphatic heterocycles. The van der Waals surface area contributed by atoms with Crippen LogP contribution in [0.4, 0.5) is 0 Å². The molecule has 0 N–H and O–H groups in total. The molecule has 104 valence electrons. The summed E-state index contributed by atoms with van der Waals surface area (Å²) in [4.78, 5) is 10.6. The Balaban J connectivity index is 1.86. The number of thiophene rings is 1. The summed E-state index contributed by atoms with van der Waals surface area (Å²) in [5, 5.41) is 3.11. The Hall–Kier alpha value is -1.50. The van der Waals surface area contributed by atoms with Gasteiger partial charge in [-0.1, -0.05) is 6.07 Å². The highest BCUT2D eigenvalue weighted by molar-refractivity contribution is 9.11. The zero-order valence-electron chi connectivity index (χ0n) is 11.1. The lowest BCUT2D eigenvalue weighted by Gasteiger charge is -1.98. The molecular formula is C15H10BrN3S2. The van der Waals surface area contributed by atoms with Gasteiger partial charge in [-0.3, -0.25) is 4.40 Å². The van der Waals surface area contributed by atoms with E-state index in [4.69, 9.17) is 4.98 Å². The van der Waals surface area contributed by atoms with Crippen molar-refractivity contribution >= 4 is 44.3 Å². The van der Waals surface area contributed by atoms with Crippen molar-refractivity contribution in [3.63, 3.8) is 0 Å². The van der Waals surface area contributed by atoms with E-state index in [-0.39, 0.29) is 0 Å². The van der Waals surface area contributed by atoms with Gasteiger partial charge in [-0.15, -0.1) is 22.7 Å². The molecule has 0 radical (unpaired) electrons. The second-order valence-corrected chi connectivity index (χ2v) is 7.94. The van der Waals surface area contributed by atoms with Crippen molar-refractivity contribution in [3.8, 4) is 21.3 Å². The zero-order chi connectivity index (χ0) is 14.4. The van der Waals surface area contributed by atoms with Crippen LogP contribution in [0, 0.1) is 6.92 Å². The number of fused-ring (bicyclic) bond motifs is 1. The highest BCUT2D eigenvalue weighted by Gasteiger charge is 2.15. The molecule has 4 heterocycles. The lowest BCUT2D eigenvalue weighted by molar-refractivity contribution is 1.18. The quantitative estimate of drug-likeness (QED) is 0.478. The zero-order valence-corrected chi connectivity index (χ0v) is 14.3. The van der Waals surface area contributed by atoms with Crippen molar-refractivity contribution in [2.75, 3.05) is 0 Å². The van der Waals surface area contributed by atoms with Crippen molar-refractivity contribution in [3.05, 3.63) is 51.4 Å². The van der Waals surface area contributed by atoms with Crippen molar-refractivity contribution in [2.45, 2.75) is 6.92 Å². The van der Waals surface area contributed by atoms with Crippen LogP contribution in [0.5, 0.6) is 0 Å². The fourth-order valence-corrected chi connectivity index (χ4v) is 4.65. The summed E-state index contributed by atoms with van der Waals surface area (Å²) in [5.41, 5.74) is 4.07. The maximum Gasteiger partial charge on any atom is 0.142 e. The van der Waals surface area contributed by atoms with E-state index in [0.717, 1.165) is 31.5 Å². The highest BCUT2D eigenvalue weighted by atomic mass is 79.9. The number of hydrogen-bond donors (Lipinski definition) is 0. The molecule has 0 fully saturated rings. The van der Waals surface area contributed by atoms with Gasteiger partial charge in [0.25, 0.3) is 0 Å². The topological polar surface area (TPSA) is 30.2 Å². The van der Waals surface area contributed by atoms with Gasteiger partial charge in [-0.05, 0) is 47.1 Å². The molecule has 0 bridgehead atoms. The highest BCUT2D eigenvalue weighted by Crippen LogP contribution is 2.35. The van der Waals surface area contributed by atoms with Gasteiger partial charge < -0.3 is 0 Å². The summed E-state index contributed by atoms with van der Waals surface area (Å²) in [7, 11) is 0. The fourth-order valence-electron chi connectivity index (χ4n) is 2.32. The minimum absolute atomic E-state index is 0.959. The van der Waals surface area contributed by atoms with Crippen LogP contribution in [-0.4, -0.2) is 14.4 Å². The number of pyridine rings is 1. The van der Waals surface area contributed by atoms with Gasteiger partial charge in [0.1, 0.15) is 16.3 Å². The molecule has 21 heavy (non-hydrogen) atoms. The summed E-state index contributed by atoms with van der Waals surface area (Å²) in [6.07, 6.45) is 2.04. The number of thiazole rings is 1. The lowest BCUT2D eigenvalue weighted by Crippen LogP contribution is -1.87. The number of nitrogens with zero attached hydrogens (tertiary/aromatic N) is 3. The standard InChI is InChI=1S/C15H10BrN3S2/c1-9-14(19-7-3-2-4-13(19)17-9)15-18-10(8-20-15)11-5-6-12(16)21-11/h2-8H,1H3. The van der Waals surface area contributed by atoms with Gasteiger partial charge in [0.2, 0.25) is 0 Å². The Morgan fingerprint density at radius 3 is 2.86 bits per heavy atom. The fraction of sp³-hybridized carbons (Fsp3) is 0.0667.